The van der Waals surface area contributed by atoms with Crippen molar-refractivity contribution in [2.24, 2.45) is 0 Å². The highest BCUT2D eigenvalue weighted by Crippen LogP contribution is 2.38. The molecule has 1 aromatic carbocycles. The Hall–Kier alpha value is -2.24. The third-order valence-electron chi connectivity index (χ3n) is 2.58. The summed E-state index contributed by atoms with van der Waals surface area (Å²) in [6.45, 7) is 0. The fourth-order valence-corrected chi connectivity index (χ4v) is 1.69. The first-order valence-corrected chi connectivity index (χ1v) is 5.33. The van der Waals surface area contributed by atoms with E-state index in [9.17, 15) is 18.3 Å². The molecule has 0 radical (unpaired) electrons. The van der Waals surface area contributed by atoms with E-state index in [1.165, 1.54) is 19.4 Å². The van der Waals surface area contributed by atoms with Crippen LogP contribution in [0.3, 0.4) is 0 Å². The number of hydrogen-bond donors (Lipinski definition) is 1. The van der Waals surface area contributed by atoms with Crippen molar-refractivity contribution < 1.29 is 23.0 Å². The Balaban J connectivity index is 2.53. The molecule has 19 heavy (non-hydrogen) atoms. The van der Waals surface area contributed by atoms with Crippen LogP contribution in [0.2, 0.25) is 0 Å². The Morgan fingerprint density at radius 2 is 1.89 bits per heavy atom. The van der Waals surface area contributed by atoms with Crippen molar-refractivity contribution >= 4 is 0 Å². The molecule has 0 atom stereocenters. The molecule has 3 nitrogen and oxygen atoms in total. The minimum absolute atomic E-state index is 0.234. The monoisotopic (exact) mass is 269 g/mol. The summed E-state index contributed by atoms with van der Waals surface area (Å²) in [7, 11) is 1.40. The highest BCUT2D eigenvalue weighted by Gasteiger charge is 2.31. The van der Waals surface area contributed by atoms with Gasteiger partial charge in [-0.15, -0.1) is 0 Å². The number of methoxy groups -OCH3 is 1. The summed E-state index contributed by atoms with van der Waals surface area (Å²) in [6, 6.07) is 5.99. The average molecular weight is 269 g/mol. The molecule has 0 aliphatic carbocycles. The van der Waals surface area contributed by atoms with E-state index in [4.69, 9.17) is 4.74 Å². The van der Waals surface area contributed by atoms with Crippen LogP contribution in [0.15, 0.2) is 36.5 Å². The summed E-state index contributed by atoms with van der Waals surface area (Å²) in [5, 5.41) is 9.74. The predicted octanol–water partition coefficient (Wildman–Crippen LogP) is 3.48. The summed E-state index contributed by atoms with van der Waals surface area (Å²) in [6.07, 6.45) is -3.00. The van der Waals surface area contributed by atoms with Crippen molar-refractivity contribution in [1.82, 2.24) is 4.98 Å². The van der Waals surface area contributed by atoms with Crippen LogP contribution in [0.5, 0.6) is 11.6 Å². The van der Waals surface area contributed by atoms with Crippen molar-refractivity contribution in [2.75, 3.05) is 7.11 Å². The van der Waals surface area contributed by atoms with Crippen LogP contribution in [0.25, 0.3) is 11.1 Å². The molecule has 1 aromatic heterocycles. The quantitative estimate of drug-likeness (QED) is 0.907. The van der Waals surface area contributed by atoms with Gasteiger partial charge in [-0.05, 0) is 30.3 Å². The topological polar surface area (TPSA) is 42.4 Å². The van der Waals surface area contributed by atoms with E-state index in [2.05, 4.69) is 4.98 Å². The van der Waals surface area contributed by atoms with Gasteiger partial charge in [0.05, 0.1) is 12.7 Å². The Morgan fingerprint density at radius 1 is 1.16 bits per heavy atom. The number of benzene rings is 1. The Bertz CT molecular complexity index is 597. The van der Waals surface area contributed by atoms with Crippen molar-refractivity contribution in [3.8, 4) is 22.8 Å². The minimum atomic E-state index is -4.49. The number of ether oxygens (including phenoxy) is 1. The number of pyridine rings is 1. The SMILES string of the molecule is COc1ncccc1-c1ccc(C(F)(F)F)cc1O. The molecule has 6 heteroatoms. The van der Waals surface area contributed by atoms with Crippen molar-refractivity contribution in [3.63, 3.8) is 0 Å². The fraction of sp³-hybridized carbons (Fsp3) is 0.154. The molecule has 100 valence electrons. The maximum atomic E-state index is 12.5. The Morgan fingerprint density at radius 3 is 2.47 bits per heavy atom. The molecule has 0 spiro atoms. The number of rotatable bonds is 2. The number of aromatic hydroxyl groups is 1. The molecule has 0 bridgehead atoms. The molecule has 0 fully saturated rings. The lowest BCUT2D eigenvalue weighted by molar-refractivity contribution is -0.137. The van der Waals surface area contributed by atoms with Crippen LogP contribution >= 0.6 is 0 Å². The van der Waals surface area contributed by atoms with E-state index in [-0.39, 0.29) is 11.4 Å². The standard InChI is InChI=1S/C13H10F3NO2/c1-19-12-10(3-2-6-17-12)9-5-4-8(7-11(9)18)13(14,15)16/h2-7,18H,1H3. The first-order valence-electron chi connectivity index (χ1n) is 5.33. The predicted molar refractivity (Wildman–Crippen MR) is 62.9 cm³/mol. The lowest BCUT2D eigenvalue weighted by atomic mass is 10.0. The molecule has 0 aliphatic rings. The zero-order valence-corrected chi connectivity index (χ0v) is 9.90. The van der Waals surface area contributed by atoms with Gasteiger partial charge in [0.1, 0.15) is 5.75 Å². The number of phenols is 1. The van der Waals surface area contributed by atoms with Crippen LogP contribution in [0.4, 0.5) is 13.2 Å². The van der Waals surface area contributed by atoms with Gasteiger partial charge in [-0.2, -0.15) is 13.2 Å². The van der Waals surface area contributed by atoms with Gasteiger partial charge in [-0.3, -0.25) is 0 Å². The minimum Gasteiger partial charge on any atom is -0.507 e. The van der Waals surface area contributed by atoms with Crippen LogP contribution in [-0.2, 0) is 6.18 Å². The number of aromatic nitrogens is 1. The van der Waals surface area contributed by atoms with Gasteiger partial charge >= 0.3 is 6.18 Å². The molecular formula is C13H10F3NO2. The fourth-order valence-electron chi connectivity index (χ4n) is 1.69. The molecule has 1 heterocycles. The molecular weight excluding hydrogens is 259 g/mol. The van der Waals surface area contributed by atoms with Crippen LogP contribution in [0, 0.1) is 0 Å². The second-order valence-corrected chi connectivity index (χ2v) is 3.79. The van der Waals surface area contributed by atoms with Gasteiger partial charge in [0.2, 0.25) is 5.88 Å². The highest BCUT2D eigenvalue weighted by molar-refractivity contribution is 5.74. The Kier molecular flexibility index (Phi) is 3.33. The maximum absolute atomic E-state index is 12.5. The molecule has 2 aromatic rings. The number of halogens is 3. The Labute approximate surface area is 107 Å². The number of hydrogen-bond acceptors (Lipinski definition) is 3. The van der Waals surface area contributed by atoms with E-state index in [1.807, 2.05) is 0 Å². The van der Waals surface area contributed by atoms with Crippen molar-refractivity contribution in [2.45, 2.75) is 6.18 Å². The van der Waals surface area contributed by atoms with E-state index in [0.717, 1.165) is 6.07 Å². The maximum Gasteiger partial charge on any atom is 0.416 e. The van der Waals surface area contributed by atoms with Gasteiger partial charge in [0, 0.05) is 17.3 Å². The summed E-state index contributed by atoms with van der Waals surface area (Å²) in [5.74, 6) is -0.237. The lowest BCUT2D eigenvalue weighted by Crippen LogP contribution is -2.04. The second-order valence-electron chi connectivity index (χ2n) is 3.79. The van der Waals surface area contributed by atoms with E-state index < -0.39 is 17.5 Å². The van der Waals surface area contributed by atoms with Crippen LogP contribution in [0.1, 0.15) is 5.56 Å². The molecule has 1 N–H and O–H groups in total. The van der Waals surface area contributed by atoms with E-state index >= 15 is 0 Å². The zero-order valence-electron chi connectivity index (χ0n) is 9.90. The summed E-state index contributed by atoms with van der Waals surface area (Å²) in [5.41, 5.74) is -0.245. The van der Waals surface area contributed by atoms with Gasteiger partial charge < -0.3 is 9.84 Å². The first-order chi connectivity index (χ1) is 8.93. The molecule has 0 saturated heterocycles. The van der Waals surface area contributed by atoms with Crippen LogP contribution < -0.4 is 4.74 Å². The normalized spacial score (nSPS) is 11.4. The molecule has 0 saturated carbocycles. The first kappa shape index (κ1) is 13.2. The third-order valence-corrected chi connectivity index (χ3v) is 2.58. The average Bonchev–Trinajstić information content (AvgIpc) is 2.37. The lowest BCUT2D eigenvalue weighted by Gasteiger charge is -2.11. The largest absolute Gasteiger partial charge is 0.507 e. The zero-order chi connectivity index (χ0) is 14.0. The van der Waals surface area contributed by atoms with Crippen molar-refractivity contribution in [3.05, 3.63) is 42.1 Å². The smallest absolute Gasteiger partial charge is 0.416 e. The van der Waals surface area contributed by atoms with E-state index in [0.29, 0.717) is 11.6 Å². The second kappa shape index (κ2) is 4.79. The molecule has 2 rings (SSSR count). The van der Waals surface area contributed by atoms with Crippen LogP contribution in [-0.4, -0.2) is 17.2 Å². The van der Waals surface area contributed by atoms with Gasteiger partial charge in [0.15, 0.2) is 0 Å². The summed E-state index contributed by atoms with van der Waals surface area (Å²) in [4.78, 5) is 3.93. The van der Waals surface area contributed by atoms with Gasteiger partial charge in [-0.25, -0.2) is 4.98 Å². The van der Waals surface area contributed by atoms with Crippen molar-refractivity contribution in [1.29, 1.82) is 0 Å². The molecule has 0 aliphatic heterocycles. The molecule has 0 amide bonds. The highest BCUT2D eigenvalue weighted by atomic mass is 19.4. The number of alkyl halides is 3. The van der Waals surface area contributed by atoms with E-state index in [1.54, 1.807) is 12.1 Å². The summed E-state index contributed by atoms with van der Waals surface area (Å²) >= 11 is 0. The molecule has 0 unspecified atom stereocenters. The van der Waals surface area contributed by atoms with Gasteiger partial charge in [0.25, 0.3) is 0 Å². The summed E-state index contributed by atoms with van der Waals surface area (Å²) < 4.78 is 42.5. The number of phenolic OH excluding ortho intramolecular Hbond substituents is 1. The third kappa shape index (κ3) is 2.62. The van der Waals surface area contributed by atoms with Gasteiger partial charge in [-0.1, -0.05) is 0 Å². The number of nitrogens with zero attached hydrogens (tertiary/aromatic N) is 1.